The molecule has 0 heterocycles. The van der Waals surface area contributed by atoms with Gasteiger partial charge in [0.25, 0.3) is 0 Å². The van der Waals surface area contributed by atoms with Crippen molar-refractivity contribution in [3.63, 3.8) is 0 Å². The lowest BCUT2D eigenvalue weighted by Gasteiger charge is -2.33. The molecule has 1 aliphatic carbocycles. The number of rotatable bonds is 2. The van der Waals surface area contributed by atoms with Crippen molar-refractivity contribution in [2.75, 3.05) is 14.2 Å². The van der Waals surface area contributed by atoms with Gasteiger partial charge in [0.05, 0.1) is 20.3 Å². The summed E-state index contributed by atoms with van der Waals surface area (Å²) in [4.78, 5) is 0. The molecule has 0 fully saturated rings. The number of aliphatic hydroxyl groups is 1. The highest BCUT2D eigenvalue weighted by molar-refractivity contribution is 5.49. The third-order valence-electron chi connectivity index (χ3n) is 3.90. The molecule has 0 amide bonds. The first-order chi connectivity index (χ1) is 8.08. The molecule has 0 aromatic heterocycles. The number of hydrogen-bond donors (Lipinski definition) is 1. The summed E-state index contributed by atoms with van der Waals surface area (Å²) in [5, 5.41) is 10.3. The average Bonchev–Trinajstić information content (AvgIpc) is 2.34. The predicted molar refractivity (Wildman–Crippen MR) is 66.5 cm³/mol. The van der Waals surface area contributed by atoms with E-state index in [0.717, 1.165) is 17.7 Å². The van der Waals surface area contributed by atoms with E-state index in [-0.39, 0.29) is 5.92 Å². The van der Waals surface area contributed by atoms with Gasteiger partial charge < -0.3 is 14.6 Å². The molecule has 0 bridgehead atoms. The summed E-state index contributed by atoms with van der Waals surface area (Å²) in [5.74, 6) is 2.18. The number of aliphatic hydroxyl groups excluding tert-OH is 1. The van der Waals surface area contributed by atoms with Crippen LogP contribution < -0.4 is 9.47 Å². The molecule has 0 spiro atoms. The van der Waals surface area contributed by atoms with Gasteiger partial charge in [0.1, 0.15) is 0 Å². The SMILES string of the molecule is COc1cc2c(cc1OC)C(O)[C@@H](C)[C@H](C)C2. The van der Waals surface area contributed by atoms with Crippen LogP contribution in [0.1, 0.15) is 31.1 Å². The lowest BCUT2D eigenvalue weighted by molar-refractivity contribution is 0.0752. The Balaban J connectivity index is 2.50. The number of methoxy groups -OCH3 is 2. The minimum Gasteiger partial charge on any atom is -0.493 e. The Bertz CT molecular complexity index is 414. The van der Waals surface area contributed by atoms with Gasteiger partial charge in [-0.3, -0.25) is 0 Å². The summed E-state index contributed by atoms with van der Waals surface area (Å²) in [6.45, 7) is 4.27. The van der Waals surface area contributed by atoms with Crippen molar-refractivity contribution >= 4 is 0 Å². The topological polar surface area (TPSA) is 38.7 Å². The highest BCUT2D eigenvalue weighted by Gasteiger charge is 2.31. The van der Waals surface area contributed by atoms with Gasteiger partial charge in [-0.15, -0.1) is 0 Å². The Morgan fingerprint density at radius 3 is 2.29 bits per heavy atom. The summed E-state index contributed by atoms with van der Waals surface area (Å²) in [6.07, 6.45) is 0.571. The van der Waals surface area contributed by atoms with Gasteiger partial charge in [-0.1, -0.05) is 13.8 Å². The van der Waals surface area contributed by atoms with Crippen LogP contribution in [0.5, 0.6) is 11.5 Å². The van der Waals surface area contributed by atoms with Crippen LogP contribution in [0.4, 0.5) is 0 Å². The fourth-order valence-electron chi connectivity index (χ4n) is 2.52. The summed E-state index contributed by atoms with van der Waals surface area (Å²) in [5.41, 5.74) is 2.15. The van der Waals surface area contributed by atoms with Gasteiger partial charge in [0.15, 0.2) is 11.5 Å². The second-order valence-corrected chi connectivity index (χ2v) is 4.89. The molecule has 0 saturated carbocycles. The zero-order valence-corrected chi connectivity index (χ0v) is 10.9. The van der Waals surface area contributed by atoms with Crippen LogP contribution in [0.3, 0.4) is 0 Å². The molecular formula is C14H20O3. The van der Waals surface area contributed by atoms with Gasteiger partial charge in [-0.25, -0.2) is 0 Å². The van der Waals surface area contributed by atoms with E-state index in [1.807, 2.05) is 12.1 Å². The minimum atomic E-state index is -0.409. The summed E-state index contributed by atoms with van der Waals surface area (Å²) in [6, 6.07) is 3.89. The van der Waals surface area contributed by atoms with E-state index in [1.54, 1.807) is 14.2 Å². The van der Waals surface area contributed by atoms with Crippen molar-refractivity contribution in [2.24, 2.45) is 11.8 Å². The molecule has 1 aliphatic rings. The normalized spacial score (nSPS) is 27.5. The Hall–Kier alpha value is -1.22. The fourth-order valence-corrected chi connectivity index (χ4v) is 2.52. The van der Waals surface area contributed by atoms with Crippen molar-refractivity contribution in [1.82, 2.24) is 0 Å². The third kappa shape index (κ3) is 2.00. The molecule has 1 aromatic rings. The molecule has 1 N–H and O–H groups in total. The fraction of sp³-hybridized carbons (Fsp3) is 0.571. The van der Waals surface area contributed by atoms with Gasteiger partial charge >= 0.3 is 0 Å². The van der Waals surface area contributed by atoms with Crippen LogP contribution in [0, 0.1) is 11.8 Å². The van der Waals surface area contributed by atoms with E-state index < -0.39 is 6.10 Å². The number of ether oxygens (including phenoxy) is 2. The maximum absolute atomic E-state index is 10.3. The molecule has 1 aromatic carbocycles. The Morgan fingerprint density at radius 1 is 1.12 bits per heavy atom. The lowest BCUT2D eigenvalue weighted by Crippen LogP contribution is -2.25. The Labute approximate surface area is 102 Å². The standard InChI is InChI=1S/C14H20O3/c1-8-5-10-6-12(16-3)13(17-4)7-11(10)14(15)9(8)2/h6-9,14-15H,5H2,1-4H3/t8-,9+,14?/m1/s1. The first-order valence-corrected chi connectivity index (χ1v) is 6.01. The van der Waals surface area contributed by atoms with E-state index >= 15 is 0 Å². The lowest BCUT2D eigenvalue weighted by atomic mass is 9.75. The van der Waals surface area contributed by atoms with E-state index in [9.17, 15) is 5.11 Å². The highest BCUT2D eigenvalue weighted by atomic mass is 16.5. The van der Waals surface area contributed by atoms with Gasteiger partial charge in [-0.2, -0.15) is 0 Å². The highest BCUT2D eigenvalue weighted by Crippen LogP contribution is 2.42. The average molecular weight is 236 g/mol. The molecule has 2 rings (SSSR count). The van der Waals surface area contributed by atoms with Crippen LogP contribution in [0.25, 0.3) is 0 Å². The summed E-state index contributed by atoms with van der Waals surface area (Å²) < 4.78 is 10.6. The molecule has 1 unspecified atom stereocenters. The maximum atomic E-state index is 10.3. The molecule has 3 nitrogen and oxygen atoms in total. The van der Waals surface area contributed by atoms with Crippen LogP contribution in [0.15, 0.2) is 12.1 Å². The first-order valence-electron chi connectivity index (χ1n) is 6.01. The first kappa shape index (κ1) is 12.2. The molecule has 3 atom stereocenters. The molecule has 3 heteroatoms. The smallest absolute Gasteiger partial charge is 0.161 e. The maximum Gasteiger partial charge on any atom is 0.161 e. The van der Waals surface area contributed by atoms with Gasteiger partial charge in [0.2, 0.25) is 0 Å². The van der Waals surface area contributed by atoms with E-state index in [4.69, 9.17) is 9.47 Å². The molecule has 0 radical (unpaired) electrons. The Morgan fingerprint density at radius 2 is 1.71 bits per heavy atom. The Kier molecular flexibility index (Phi) is 3.29. The van der Waals surface area contributed by atoms with Crippen molar-refractivity contribution in [2.45, 2.75) is 26.4 Å². The second kappa shape index (κ2) is 4.57. The summed E-state index contributed by atoms with van der Waals surface area (Å²) >= 11 is 0. The van der Waals surface area contributed by atoms with Crippen molar-refractivity contribution in [3.8, 4) is 11.5 Å². The van der Waals surface area contributed by atoms with Crippen molar-refractivity contribution in [3.05, 3.63) is 23.3 Å². The van der Waals surface area contributed by atoms with Crippen LogP contribution in [-0.4, -0.2) is 19.3 Å². The second-order valence-electron chi connectivity index (χ2n) is 4.89. The number of fused-ring (bicyclic) bond motifs is 1. The van der Waals surface area contributed by atoms with Crippen LogP contribution >= 0.6 is 0 Å². The third-order valence-corrected chi connectivity index (χ3v) is 3.90. The number of hydrogen-bond acceptors (Lipinski definition) is 3. The molecule has 17 heavy (non-hydrogen) atoms. The van der Waals surface area contributed by atoms with E-state index in [1.165, 1.54) is 5.56 Å². The molecular weight excluding hydrogens is 216 g/mol. The molecule has 0 aliphatic heterocycles. The summed E-state index contributed by atoms with van der Waals surface area (Å²) in [7, 11) is 3.25. The minimum absolute atomic E-state index is 0.278. The van der Waals surface area contributed by atoms with Crippen molar-refractivity contribution in [1.29, 1.82) is 0 Å². The number of benzene rings is 1. The van der Waals surface area contributed by atoms with Crippen LogP contribution in [-0.2, 0) is 6.42 Å². The van der Waals surface area contributed by atoms with Gasteiger partial charge in [0, 0.05) is 0 Å². The van der Waals surface area contributed by atoms with Gasteiger partial charge in [-0.05, 0) is 41.5 Å². The zero-order valence-electron chi connectivity index (χ0n) is 10.9. The predicted octanol–water partition coefficient (Wildman–Crippen LogP) is 2.57. The largest absolute Gasteiger partial charge is 0.493 e. The van der Waals surface area contributed by atoms with Crippen molar-refractivity contribution < 1.29 is 14.6 Å². The molecule has 94 valence electrons. The van der Waals surface area contributed by atoms with Crippen LogP contribution in [0.2, 0.25) is 0 Å². The zero-order chi connectivity index (χ0) is 12.6. The molecule has 0 saturated heterocycles. The van der Waals surface area contributed by atoms with E-state index in [0.29, 0.717) is 11.7 Å². The monoisotopic (exact) mass is 236 g/mol. The van der Waals surface area contributed by atoms with E-state index in [2.05, 4.69) is 13.8 Å². The quantitative estimate of drug-likeness (QED) is 0.857.